The average Bonchev–Trinajstić information content (AvgIpc) is 2.96. The van der Waals surface area contributed by atoms with Crippen LogP contribution in [0.25, 0.3) is 10.2 Å². The lowest BCUT2D eigenvalue weighted by Crippen LogP contribution is -2.34. The molecule has 0 radical (unpaired) electrons. The largest absolute Gasteiger partial charge is 0.396 e. The van der Waals surface area contributed by atoms with Gasteiger partial charge in [-0.1, -0.05) is 19.8 Å². The second kappa shape index (κ2) is 6.06. The molecule has 0 saturated heterocycles. The van der Waals surface area contributed by atoms with Gasteiger partial charge in [0.25, 0.3) is 0 Å². The van der Waals surface area contributed by atoms with Crippen LogP contribution in [0.3, 0.4) is 0 Å². The first kappa shape index (κ1) is 13.8. The Kier molecular flexibility index (Phi) is 4.17. The smallest absolute Gasteiger partial charge is 0.138 e. The number of fused-ring (bicyclic) bond motifs is 1. The van der Waals surface area contributed by atoms with Crippen LogP contribution in [0.1, 0.15) is 38.4 Å². The number of nitrogens with zero attached hydrogens (tertiary/aromatic N) is 2. The van der Waals surface area contributed by atoms with Crippen molar-refractivity contribution in [3.63, 3.8) is 0 Å². The Morgan fingerprint density at radius 3 is 3.00 bits per heavy atom. The third-order valence-electron chi connectivity index (χ3n) is 4.15. The summed E-state index contributed by atoms with van der Waals surface area (Å²) in [5, 5.41) is 16.3. The molecule has 1 saturated carbocycles. The summed E-state index contributed by atoms with van der Waals surface area (Å²) in [5.41, 5.74) is 0. The highest BCUT2D eigenvalue weighted by Crippen LogP contribution is 2.30. The Morgan fingerprint density at radius 1 is 1.35 bits per heavy atom. The molecule has 2 N–H and O–H groups in total. The van der Waals surface area contributed by atoms with E-state index in [-0.39, 0.29) is 6.61 Å². The van der Waals surface area contributed by atoms with Crippen LogP contribution in [0.15, 0.2) is 11.4 Å². The summed E-state index contributed by atoms with van der Waals surface area (Å²) in [6, 6.07) is 2.41. The van der Waals surface area contributed by atoms with E-state index in [1.54, 1.807) is 11.3 Å². The topological polar surface area (TPSA) is 58.0 Å². The predicted molar refractivity (Wildman–Crippen MR) is 83.2 cm³/mol. The molecule has 0 amide bonds. The number of hydrogen-bond acceptors (Lipinski definition) is 5. The summed E-state index contributed by atoms with van der Waals surface area (Å²) in [6.45, 7) is 2.34. The van der Waals surface area contributed by atoms with Gasteiger partial charge in [0.05, 0.1) is 5.39 Å². The highest BCUT2D eigenvalue weighted by Gasteiger charge is 2.25. The summed E-state index contributed by atoms with van der Waals surface area (Å²) < 4.78 is 0. The highest BCUT2D eigenvalue weighted by molar-refractivity contribution is 7.16. The van der Waals surface area contributed by atoms with Gasteiger partial charge >= 0.3 is 0 Å². The lowest BCUT2D eigenvalue weighted by Gasteiger charge is -2.31. The fourth-order valence-corrected chi connectivity index (χ4v) is 3.74. The Labute approximate surface area is 123 Å². The third kappa shape index (κ3) is 2.65. The van der Waals surface area contributed by atoms with Crippen molar-refractivity contribution in [1.82, 2.24) is 9.97 Å². The molecule has 3 rings (SSSR count). The van der Waals surface area contributed by atoms with Crippen molar-refractivity contribution in [3.05, 3.63) is 17.3 Å². The molecule has 2 unspecified atom stereocenters. The molecule has 0 aromatic carbocycles. The van der Waals surface area contributed by atoms with Gasteiger partial charge in [0.1, 0.15) is 16.5 Å². The number of aliphatic hydroxyl groups excluding tert-OH is 1. The van der Waals surface area contributed by atoms with Gasteiger partial charge < -0.3 is 10.4 Å². The molecule has 2 heterocycles. The van der Waals surface area contributed by atoms with Crippen LogP contribution in [0.2, 0.25) is 0 Å². The molecule has 108 valence electrons. The molecule has 4 nitrogen and oxygen atoms in total. The van der Waals surface area contributed by atoms with Crippen molar-refractivity contribution in [2.75, 3.05) is 11.9 Å². The van der Waals surface area contributed by atoms with Crippen LogP contribution < -0.4 is 5.32 Å². The van der Waals surface area contributed by atoms with Crippen molar-refractivity contribution >= 4 is 27.4 Å². The van der Waals surface area contributed by atoms with Crippen molar-refractivity contribution in [2.24, 2.45) is 5.92 Å². The third-order valence-corrected chi connectivity index (χ3v) is 4.96. The number of thiophene rings is 1. The molecule has 20 heavy (non-hydrogen) atoms. The first-order valence-corrected chi connectivity index (χ1v) is 8.31. The van der Waals surface area contributed by atoms with Crippen LogP contribution in [0, 0.1) is 5.92 Å². The van der Waals surface area contributed by atoms with Gasteiger partial charge in [0, 0.05) is 25.0 Å². The molecular formula is C15H21N3OS. The van der Waals surface area contributed by atoms with Gasteiger partial charge in [-0.3, -0.25) is 0 Å². The Balaban J connectivity index is 1.90. The molecule has 1 aliphatic carbocycles. The van der Waals surface area contributed by atoms with Crippen molar-refractivity contribution in [2.45, 2.75) is 45.1 Å². The normalized spacial score (nSPS) is 23.1. The van der Waals surface area contributed by atoms with E-state index >= 15 is 0 Å². The minimum atomic E-state index is 0.260. The van der Waals surface area contributed by atoms with E-state index in [1.165, 1.54) is 12.8 Å². The van der Waals surface area contributed by atoms with Crippen molar-refractivity contribution in [3.8, 4) is 0 Å². The highest BCUT2D eigenvalue weighted by atomic mass is 32.1. The van der Waals surface area contributed by atoms with E-state index in [0.29, 0.717) is 12.0 Å². The first-order chi connectivity index (χ1) is 9.81. The van der Waals surface area contributed by atoms with Crippen LogP contribution in [-0.4, -0.2) is 27.7 Å². The molecule has 0 aliphatic heterocycles. The van der Waals surface area contributed by atoms with Crippen molar-refractivity contribution < 1.29 is 5.11 Å². The van der Waals surface area contributed by atoms with E-state index in [2.05, 4.69) is 33.7 Å². The minimum absolute atomic E-state index is 0.260. The summed E-state index contributed by atoms with van der Waals surface area (Å²) in [5.74, 6) is 2.18. The predicted octanol–water partition coefficient (Wildman–Crippen LogP) is 3.22. The zero-order valence-corrected chi connectivity index (χ0v) is 12.6. The number of nitrogens with one attached hydrogen (secondary N) is 1. The molecule has 0 bridgehead atoms. The molecule has 1 fully saturated rings. The first-order valence-electron chi connectivity index (χ1n) is 7.43. The summed E-state index contributed by atoms with van der Waals surface area (Å²) in [7, 11) is 0. The van der Waals surface area contributed by atoms with E-state index in [4.69, 9.17) is 0 Å². The van der Waals surface area contributed by atoms with Crippen LogP contribution >= 0.6 is 11.3 Å². The van der Waals surface area contributed by atoms with Gasteiger partial charge in [-0.25, -0.2) is 9.97 Å². The summed E-state index contributed by atoms with van der Waals surface area (Å²) in [6.07, 6.45) is 5.51. The number of anilines is 1. The maximum absolute atomic E-state index is 9.54. The fraction of sp³-hybridized carbons (Fsp3) is 0.600. The fourth-order valence-electron chi connectivity index (χ4n) is 2.96. The van der Waals surface area contributed by atoms with E-state index in [9.17, 15) is 5.11 Å². The van der Waals surface area contributed by atoms with Gasteiger partial charge in [-0.05, 0) is 24.3 Å². The molecule has 2 aromatic rings. The lowest BCUT2D eigenvalue weighted by molar-refractivity contribution is 0.178. The number of hydrogen-bond donors (Lipinski definition) is 2. The number of aryl methyl sites for hydroxylation is 1. The van der Waals surface area contributed by atoms with Crippen LogP contribution in [0.4, 0.5) is 5.82 Å². The van der Waals surface area contributed by atoms with Gasteiger partial charge in [-0.15, -0.1) is 11.3 Å². The van der Waals surface area contributed by atoms with Gasteiger partial charge in [0.15, 0.2) is 0 Å². The maximum Gasteiger partial charge on any atom is 0.138 e. The summed E-state index contributed by atoms with van der Waals surface area (Å²) >= 11 is 1.66. The number of aliphatic hydroxyl groups is 1. The minimum Gasteiger partial charge on any atom is -0.396 e. The second-order valence-electron chi connectivity index (χ2n) is 5.46. The quantitative estimate of drug-likeness (QED) is 0.908. The number of aromatic nitrogens is 2. The summed E-state index contributed by atoms with van der Waals surface area (Å²) in [4.78, 5) is 10.3. The standard InChI is InChI=1S/C15H21N3OS/c1-2-13-17-14(11-7-8-20-15(11)18-13)16-12-6-4-3-5-10(12)9-19/h7-8,10,12,19H,2-6,9H2,1H3,(H,16,17,18). The van der Waals surface area contributed by atoms with Crippen LogP contribution in [-0.2, 0) is 6.42 Å². The zero-order valence-electron chi connectivity index (χ0n) is 11.8. The van der Waals surface area contributed by atoms with Gasteiger partial charge in [-0.2, -0.15) is 0 Å². The van der Waals surface area contributed by atoms with E-state index < -0.39 is 0 Å². The molecule has 2 aromatic heterocycles. The molecule has 5 heteroatoms. The molecule has 2 atom stereocenters. The van der Waals surface area contributed by atoms with Crippen LogP contribution in [0.5, 0.6) is 0 Å². The van der Waals surface area contributed by atoms with Gasteiger partial charge in [0.2, 0.25) is 0 Å². The average molecular weight is 291 g/mol. The lowest BCUT2D eigenvalue weighted by atomic mass is 9.85. The Hall–Kier alpha value is -1.20. The molecular weight excluding hydrogens is 270 g/mol. The maximum atomic E-state index is 9.54. The number of rotatable bonds is 4. The Bertz CT molecular complexity index is 584. The zero-order chi connectivity index (χ0) is 13.9. The van der Waals surface area contributed by atoms with E-state index in [0.717, 1.165) is 41.1 Å². The SMILES string of the molecule is CCc1nc(NC2CCCCC2CO)c2ccsc2n1. The molecule has 1 aliphatic rings. The molecule has 0 spiro atoms. The second-order valence-corrected chi connectivity index (χ2v) is 6.35. The monoisotopic (exact) mass is 291 g/mol. The van der Waals surface area contributed by atoms with E-state index in [1.807, 2.05) is 0 Å². The Morgan fingerprint density at radius 2 is 2.20 bits per heavy atom. The van der Waals surface area contributed by atoms with Crippen molar-refractivity contribution in [1.29, 1.82) is 0 Å².